The van der Waals surface area contributed by atoms with Crippen molar-refractivity contribution < 1.29 is 28.4 Å². The summed E-state index contributed by atoms with van der Waals surface area (Å²) >= 11 is 0. The molecule has 2 saturated heterocycles. The Morgan fingerprint density at radius 2 is 1.03 bits per heavy atom. The fraction of sp³-hybridized carbons (Fsp3) is 0.538. The van der Waals surface area contributed by atoms with E-state index >= 15 is 0 Å². The predicted molar refractivity (Wildman–Crippen MR) is 131 cm³/mol. The number of ether oxygens (including phenoxy) is 6. The third-order valence-corrected chi connectivity index (χ3v) is 9.65. The standard InChI is InChI=1S/C26H30O6S2/c1-25(29-11-12-30-25)21-7-9-27-23-15-17(3-5-19(21)23)33-34-18-4-6-20-22(8-10-28-24(20)16-18)26(2)31-13-14-32-26/h3-6,15-16,21-22H,7-14H2,1-2H3. The van der Waals surface area contributed by atoms with Crippen LogP contribution in [0.3, 0.4) is 0 Å². The summed E-state index contributed by atoms with van der Waals surface area (Å²) in [5.74, 6) is 1.12. The van der Waals surface area contributed by atoms with Crippen molar-refractivity contribution in [1.29, 1.82) is 0 Å². The van der Waals surface area contributed by atoms with Crippen LogP contribution in [0, 0.1) is 0 Å². The average molecular weight is 503 g/mol. The molecular formula is C26H30O6S2. The van der Waals surface area contributed by atoms with Crippen LogP contribution in [0.4, 0.5) is 0 Å². The molecule has 34 heavy (non-hydrogen) atoms. The highest BCUT2D eigenvalue weighted by Crippen LogP contribution is 2.49. The third-order valence-electron chi connectivity index (χ3n) is 7.27. The summed E-state index contributed by atoms with van der Waals surface area (Å²) in [5, 5.41) is 0. The van der Waals surface area contributed by atoms with Gasteiger partial charge in [-0.1, -0.05) is 33.7 Å². The molecule has 2 unspecified atom stereocenters. The summed E-state index contributed by atoms with van der Waals surface area (Å²) in [6, 6.07) is 12.9. The van der Waals surface area contributed by atoms with Crippen molar-refractivity contribution in [2.75, 3.05) is 39.6 Å². The van der Waals surface area contributed by atoms with E-state index in [4.69, 9.17) is 28.4 Å². The van der Waals surface area contributed by atoms with Crippen LogP contribution in [0.1, 0.15) is 49.7 Å². The van der Waals surface area contributed by atoms with E-state index in [2.05, 4.69) is 36.4 Å². The molecule has 0 radical (unpaired) electrons. The van der Waals surface area contributed by atoms with Crippen molar-refractivity contribution in [2.24, 2.45) is 0 Å². The second-order valence-electron chi connectivity index (χ2n) is 9.37. The summed E-state index contributed by atoms with van der Waals surface area (Å²) < 4.78 is 35.8. The molecule has 6 rings (SSSR count). The molecule has 0 aromatic heterocycles. The summed E-state index contributed by atoms with van der Waals surface area (Å²) in [6.45, 7) is 8.06. The van der Waals surface area contributed by atoms with Crippen molar-refractivity contribution in [1.82, 2.24) is 0 Å². The first-order valence-corrected chi connectivity index (χ1v) is 14.1. The number of hydrogen-bond donors (Lipinski definition) is 0. The maximum absolute atomic E-state index is 6.02. The van der Waals surface area contributed by atoms with Gasteiger partial charge in [-0.05, 0) is 51.0 Å². The minimum absolute atomic E-state index is 0.186. The SMILES string of the molecule is CC1(C2CCOc3cc(SSc4ccc5c(c4)OCCC5C4(C)OCCO4)ccc32)OCCO1. The summed E-state index contributed by atoms with van der Waals surface area (Å²) in [4.78, 5) is 2.30. The lowest BCUT2D eigenvalue weighted by Gasteiger charge is -2.36. The van der Waals surface area contributed by atoms with E-state index in [1.54, 1.807) is 21.6 Å². The van der Waals surface area contributed by atoms with Gasteiger partial charge in [-0.2, -0.15) is 0 Å². The van der Waals surface area contributed by atoms with Crippen LogP contribution in [-0.2, 0) is 18.9 Å². The van der Waals surface area contributed by atoms with E-state index in [1.165, 1.54) is 11.1 Å². The summed E-state index contributed by atoms with van der Waals surface area (Å²) in [5.41, 5.74) is 2.34. The fourth-order valence-corrected chi connectivity index (χ4v) is 7.44. The van der Waals surface area contributed by atoms with Gasteiger partial charge in [0.25, 0.3) is 0 Å². The Morgan fingerprint density at radius 3 is 1.44 bits per heavy atom. The van der Waals surface area contributed by atoms with Gasteiger partial charge in [-0.3, -0.25) is 0 Å². The molecule has 4 heterocycles. The van der Waals surface area contributed by atoms with Crippen LogP contribution in [0.2, 0.25) is 0 Å². The Bertz CT molecular complexity index is 964. The lowest BCUT2D eigenvalue weighted by molar-refractivity contribution is -0.165. The van der Waals surface area contributed by atoms with Crippen LogP contribution in [0.15, 0.2) is 46.2 Å². The van der Waals surface area contributed by atoms with Crippen molar-refractivity contribution in [3.63, 3.8) is 0 Å². The second-order valence-corrected chi connectivity index (χ2v) is 11.6. The van der Waals surface area contributed by atoms with Gasteiger partial charge in [-0.25, -0.2) is 0 Å². The van der Waals surface area contributed by atoms with Crippen molar-refractivity contribution >= 4 is 21.6 Å². The van der Waals surface area contributed by atoms with Crippen LogP contribution in [0.5, 0.6) is 11.5 Å². The first kappa shape index (κ1) is 23.0. The van der Waals surface area contributed by atoms with E-state index in [1.807, 2.05) is 13.8 Å². The lowest BCUT2D eigenvalue weighted by atomic mass is 9.86. The molecule has 0 spiro atoms. The molecule has 0 aliphatic carbocycles. The highest BCUT2D eigenvalue weighted by Gasteiger charge is 2.44. The van der Waals surface area contributed by atoms with Crippen molar-refractivity contribution in [3.8, 4) is 11.5 Å². The first-order chi connectivity index (χ1) is 16.5. The minimum Gasteiger partial charge on any atom is -0.493 e. The molecule has 8 heteroatoms. The van der Waals surface area contributed by atoms with Gasteiger partial charge in [0.1, 0.15) is 11.5 Å². The van der Waals surface area contributed by atoms with Gasteiger partial charge in [0.15, 0.2) is 11.6 Å². The lowest BCUT2D eigenvalue weighted by Crippen LogP contribution is -2.37. The molecule has 6 nitrogen and oxygen atoms in total. The van der Waals surface area contributed by atoms with Crippen LogP contribution in [0.25, 0.3) is 0 Å². The van der Waals surface area contributed by atoms with E-state index in [0.717, 1.165) is 34.1 Å². The zero-order valence-corrected chi connectivity index (χ0v) is 21.2. The molecule has 0 N–H and O–H groups in total. The zero-order chi connectivity index (χ0) is 23.2. The van der Waals surface area contributed by atoms with Crippen molar-refractivity contribution in [2.45, 2.75) is 59.9 Å². The van der Waals surface area contributed by atoms with Gasteiger partial charge in [0, 0.05) is 32.8 Å². The smallest absolute Gasteiger partial charge is 0.172 e. The van der Waals surface area contributed by atoms with Crippen LogP contribution < -0.4 is 9.47 Å². The van der Waals surface area contributed by atoms with Gasteiger partial charge in [0.2, 0.25) is 0 Å². The normalized spacial score (nSPS) is 26.9. The molecule has 182 valence electrons. The molecule has 2 aromatic rings. The minimum atomic E-state index is -0.561. The topological polar surface area (TPSA) is 55.4 Å². The van der Waals surface area contributed by atoms with Crippen LogP contribution >= 0.6 is 21.6 Å². The molecule has 2 atom stereocenters. The Balaban J connectivity index is 1.16. The van der Waals surface area contributed by atoms with Gasteiger partial charge in [0.05, 0.1) is 39.6 Å². The van der Waals surface area contributed by atoms with E-state index in [-0.39, 0.29) is 11.8 Å². The predicted octanol–water partition coefficient (Wildman–Crippen LogP) is 5.74. The maximum atomic E-state index is 6.02. The number of hydrogen-bond acceptors (Lipinski definition) is 8. The maximum Gasteiger partial charge on any atom is 0.172 e. The first-order valence-electron chi connectivity index (χ1n) is 12.0. The Labute approximate surface area is 208 Å². The van der Waals surface area contributed by atoms with Gasteiger partial charge >= 0.3 is 0 Å². The fourth-order valence-electron chi connectivity index (χ4n) is 5.49. The molecule has 4 aliphatic rings. The Kier molecular flexibility index (Phi) is 6.24. The summed E-state index contributed by atoms with van der Waals surface area (Å²) in [7, 11) is 3.45. The molecule has 4 aliphatic heterocycles. The van der Waals surface area contributed by atoms with Gasteiger partial charge in [-0.15, -0.1) is 0 Å². The number of rotatable bonds is 5. The molecular weight excluding hydrogens is 472 g/mol. The highest BCUT2D eigenvalue weighted by atomic mass is 33.1. The van der Waals surface area contributed by atoms with E-state index < -0.39 is 11.6 Å². The molecule has 0 bridgehead atoms. The molecule has 0 saturated carbocycles. The average Bonchev–Trinajstić information content (AvgIpc) is 3.51. The zero-order valence-electron chi connectivity index (χ0n) is 19.5. The number of fused-ring (bicyclic) bond motifs is 2. The van der Waals surface area contributed by atoms with Crippen LogP contribution in [-0.4, -0.2) is 51.2 Å². The van der Waals surface area contributed by atoms with Crippen molar-refractivity contribution in [3.05, 3.63) is 47.5 Å². The monoisotopic (exact) mass is 502 g/mol. The third kappa shape index (κ3) is 4.22. The highest BCUT2D eigenvalue weighted by molar-refractivity contribution is 8.76. The van der Waals surface area contributed by atoms with E-state index in [0.29, 0.717) is 39.6 Å². The number of benzene rings is 2. The molecule has 2 aromatic carbocycles. The Morgan fingerprint density at radius 1 is 0.618 bits per heavy atom. The molecule has 0 amide bonds. The van der Waals surface area contributed by atoms with E-state index in [9.17, 15) is 0 Å². The van der Waals surface area contributed by atoms with Gasteiger partial charge < -0.3 is 28.4 Å². The quantitative estimate of drug-likeness (QED) is 0.480. The largest absolute Gasteiger partial charge is 0.493 e. The second kappa shape index (κ2) is 9.22. The molecule has 2 fully saturated rings. The summed E-state index contributed by atoms with van der Waals surface area (Å²) in [6.07, 6.45) is 1.80. The Hall–Kier alpha value is -1.42.